The zero-order valence-corrected chi connectivity index (χ0v) is 34.3. The van der Waals surface area contributed by atoms with Gasteiger partial charge in [0.05, 0.1) is 11.4 Å². The van der Waals surface area contributed by atoms with Crippen LogP contribution in [0.4, 0.5) is 28.4 Å². The van der Waals surface area contributed by atoms with E-state index in [2.05, 4.69) is 192 Å². The van der Waals surface area contributed by atoms with Gasteiger partial charge in [0.15, 0.2) is 0 Å². The number of fused-ring (bicyclic) bond motifs is 9. The molecule has 0 bridgehead atoms. The molecule has 1 aliphatic carbocycles. The van der Waals surface area contributed by atoms with E-state index < -0.39 is 0 Å². The molecule has 0 saturated heterocycles. The largest absolute Gasteiger partial charge is 0.316 e. The predicted molar refractivity (Wildman–Crippen MR) is 257 cm³/mol. The second-order valence-corrected chi connectivity index (χ2v) is 16.7. The maximum absolute atomic E-state index is 4.75. The summed E-state index contributed by atoms with van der Waals surface area (Å²) in [7, 11) is 0. The van der Waals surface area contributed by atoms with Crippen molar-refractivity contribution in [1.29, 1.82) is 0 Å². The Labute approximate surface area is 348 Å². The Hall–Kier alpha value is -6.46. The highest BCUT2D eigenvalue weighted by molar-refractivity contribution is 7.26. The number of thiophene rings is 2. The third-order valence-electron chi connectivity index (χ3n) is 11.2. The number of nitrogens with zero attached hydrogens (tertiary/aromatic N) is 2. The SMILES string of the molecule is C=C1/C=C(c2ccc(N(c3ccc4sc5ccccc5c4c3)c3cccc4c3C=CCC4)cc2)\C=C/N(c2ccccc2)c2ccc3c(sc4ccccc43)c21.CC. The van der Waals surface area contributed by atoms with E-state index in [0.29, 0.717) is 0 Å². The Morgan fingerprint density at radius 3 is 2.12 bits per heavy atom. The first-order chi connectivity index (χ1) is 28.7. The summed E-state index contributed by atoms with van der Waals surface area (Å²) in [6.45, 7) is 8.75. The Balaban J connectivity index is 0.00000201. The molecule has 11 rings (SSSR count). The van der Waals surface area contributed by atoms with E-state index in [1.54, 1.807) is 0 Å². The Bertz CT molecular complexity index is 3100. The molecule has 2 aliphatic rings. The van der Waals surface area contributed by atoms with E-state index in [1.807, 2.05) is 36.5 Å². The molecule has 1 aliphatic heterocycles. The van der Waals surface area contributed by atoms with E-state index in [4.69, 9.17) is 6.58 Å². The summed E-state index contributed by atoms with van der Waals surface area (Å²) in [6, 6.07) is 55.5. The normalized spacial score (nSPS) is 15.0. The van der Waals surface area contributed by atoms with Gasteiger partial charge >= 0.3 is 0 Å². The lowest BCUT2D eigenvalue weighted by molar-refractivity contribution is 0.984. The first-order valence-corrected chi connectivity index (χ1v) is 21.8. The lowest BCUT2D eigenvalue weighted by atomic mass is 9.94. The number of allylic oxidation sites excluding steroid dienone is 5. The predicted octanol–water partition coefficient (Wildman–Crippen LogP) is 16.6. The molecule has 58 heavy (non-hydrogen) atoms. The van der Waals surface area contributed by atoms with Crippen molar-refractivity contribution in [3.05, 3.63) is 205 Å². The molecular weight excluding hydrogens is 741 g/mol. The minimum Gasteiger partial charge on any atom is -0.316 e. The highest BCUT2D eigenvalue weighted by Gasteiger charge is 2.23. The molecule has 7 aromatic carbocycles. The lowest BCUT2D eigenvalue weighted by Crippen LogP contribution is -2.13. The molecule has 0 unspecified atom stereocenters. The first-order valence-electron chi connectivity index (χ1n) is 20.2. The van der Waals surface area contributed by atoms with Crippen molar-refractivity contribution >= 4 is 109 Å². The fraction of sp³-hybridized carbons (Fsp3) is 0.0741. The van der Waals surface area contributed by atoms with Crippen LogP contribution in [-0.4, -0.2) is 0 Å². The summed E-state index contributed by atoms with van der Waals surface area (Å²) in [4.78, 5) is 4.75. The van der Waals surface area contributed by atoms with Gasteiger partial charge in [-0.05, 0) is 114 Å². The van der Waals surface area contributed by atoms with Crippen LogP contribution in [0.15, 0.2) is 183 Å². The summed E-state index contributed by atoms with van der Waals surface area (Å²) >= 11 is 3.71. The van der Waals surface area contributed by atoms with Crippen molar-refractivity contribution in [2.24, 2.45) is 0 Å². The molecule has 0 spiro atoms. The van der Waals surface area contributed by atoms with Crippen molar-refractivity contribution in [2.75, 3.05) is 9.80 Å². The van der Waals surface area contributed by atoms with Crippen molar-refractivity contribution in [1.82, 2.24) is 0 Å². The van der Waals surface area contributed by atoms with Crippen LogP contribution >= 0.6 is 22.7 Å². The summed E-state index contributed by atoms with van der Waals surface area (Å²) in [5.41, 5.74) is 12.8. The average Bonchev–Trinajstić information content (AvgIpc) is 3.85. The Morgan fingerprint density at radius 1 is 0.603 bits per heavy atom. The van der Waals surface area contributed by atoms with Gasteiger partial charge in [0, 0.05) is 74.7 Å². The van der Waals surface area contributed by atoms with Gasteiger partial charge < -0.3 is 9.80 Å². The van der Waals surface area contributed by atoms with Crippen LogP contribution in [-0.2, 0) is 6.42 Å². The van der Waals surface area contributed by atoms with E-state index in [1.165, 1.54) is 62.7 Å². The molecule has 4 heteroatoms. The smallest absolute Gasteiger partial charge is 0.0548 e. The van der Waals surface area contributed by atoms with Crippen LogP contribution < -0.4 is 9.80 Å². The van der Waals surface area contributed by atoms with Gasteiger partial charge in [0.1, 0.15) is 0 Å². The van der Waals surface area contributed by atoms with Crippen LogP contribution in [0.5, 0.6) is 0 Å². The fourth-order valence-corrected chi connectivity index (χ4v) is 10.9. The van der Waals surface area contributed by atoms with Gasteiger partial charge in [0.25, 0.3) is 0 Å². The van der Waals surface area contributed by atoms with Gasteiger partial charge in [-0.15, -0.1) is 22.7 Å². The second-order valence-electron chi connectivity index (χ2n) is 14.5. The second kappa shape index (κ2) is 15.1. The molecule has 0 fully saturated rings. The van der Waals surface area contributed by atoms with Crippen LogP contribution in [0, 0.1) is 0 Å². The topological polar surface area (TPSA) is 6.48 Å². The Morgan fingerprint density at radius 2 is 1.31 bits per heavy atom. The highest BCUT2D eigenvalue weighted by atomic mass is 32.1. The third-order valence-corrected chi connectivity index (χ3v) is 13.6. The summed E-state index contributed by atoms with van der Waals surface area (Å²) < 4.78 is 5.18. The minimum absolute atomic E-state index is 1.00. The lowest BCUT2D eigenvalue weighted by Gasteiger charge is -2.29. The van der Waals surface area contributed by atoms with Crippen LogP contribution in [0.25, 0.3) is 57.6 Å². The van der Waals surface area contributed by atoms with Crippen molar-refractivity contribution in [3.63, 3.8) is 0 Å². The number of hydrogen-bond acceptors (Lipinski definition) is 4. The quantitative estimate of drug-likeness (QED) is 0.172. The van der Waals surface area contributed by atoms with Crippen molar-refractivity contribution in [3.8, 4) is 0 Å². The van der Waals surface area contributed by atoms with Crippen molar-refractivity contribution in [2.45, 2.75) is 26.7 Å². The van der Waals surface area contributed by atoms with Crippen LogP contribution in [0.3, 0.4) is 0 Å². The molecule has 0 saturated carbocycles. The number of benzene rings is 7. The van der Waals surface area contributed by atoms with E-state index in [0.717, 1.165) is 52.3 Å². The maximum atomic E-state index is 4.75. The van der Waals surface area contributed by atoms with Gasteiger partial charge in [-0.1, -0.05) is 118 Å². The van der Waals surface area contributed by atoms with E-state index in [9.17, 15) is 0 Å². The van der Waals surface area contributed by atoms with Gasteiger partial charge in [-0.25, -0.2) is 0 Å². The molecule has 9 aromatic rings. The number of anilines is 5. The first kappa shape index (κ1) is 35.9. The summed E-state index contributed by atoms with van der Waals surface area (Å²) in [5.74, 6) is 0. The van der Waals surface area contributed by atoms with Gasteiger partial charge in [0.2, 0.25) is 0 Å². The standard InChI is InChI=1S/C52H36N2S2.C2H6/c1-34-32-37(30-31-53(38-14-3-2-4-15-38)47-28-27-44-42-17-7-10-21-49(42)56-52(44)51(34)47)35-22-24-39(25-23-35)54(46-19-11-13-36-12-5-6-16-41(36)46)40-26-29-50-45(33-40)43-18-8-9-20-48(43)55-50;1-2/h2-4,6-11,13-33H,1,5,12H2;1-2H3/b31-30-,37-32+;. The number of para-hydroxylation sites is 1. The average molecular weight is 783 g/mol. The number of aryl methyl sites for hydroxylation is 1. The summed E-state index contributed by atoms with van der Waals surface area (Å²) in [5, 5.41) is 5.16. The van der Waals surface area contributed by atoms with E-state index >= 15 is 0 Å². The molecule has 0 amide bonds. The van der Waals surface area contributed by atoms with Crippen LogP contribution in [0.2, 0.25) is 0 Å². The fourth-order valence-electron chi connectivity index (χ4n) is 8.55. The van der Waals surface area contributed by atoms with Crippen molar-refractivity contribution < 1.29 is 0 Å². The summed E-state index contributed by atoms with van der Waals surface area (Å²) in [6.07, 6.45) is 13.5. The number of rotatable bonds is 5. The molecular formula is C54H42N2S2. The molecule has 2 nitrogen and oxygen atoms in total. The molecule has 0 N–H and O–H groups in total. The zero-order valence-electron chi connectivity index (χ0n) is 32.7. The number of hydrogen-bond donors (Lipinski definition) is 0. The molecule has 0 radical (unpaired) electrons. The van der Waals surface area contributed by atoms with Gasteiger partial charge in [-0.2, -0.15) is 0 Å². The molecule has 280 valence electrons. The molecule has 0 atom stereocenters. The maximum Gasteiger partial charge on any atom is 0.0548 e. The monoisotopic (exact) mass is 782 g/mol. The molecule has 2 aromatic heterocycles. The molecule has 3 heterocycles. The third kappa shape index (κ3) is 6.17. The van der Waals surface area contributed by atoms with Crippen LogP contribution in [0.1, 0.15) is 42.5 Å². The zero-order chi connectivity index (χ0) is 39.2. The highest BCUT2D eigenvalue weighted by Crippen LogP contribution is 2.47. The van der Waals surface area contributed by atoms with E-state index in [-0.39, 0.29) is 0 Å². The Kier molecular flexibility index (Phi) is 9.37. The minimum atomic E-state index is 1.00. The van der Waals surface area contributed by atoms with Gasteiger partial charge in [-0.3, -0.25) is 0 Å².